The number of carbonyl (C=O) groups is 2. The van der Waals surface area contributed by atoms with Crippen molar-refractivity contribution in [1.82, 2.24) is 4.90 Å². The molecular formula is C21H23N3O2S. The minimum Gasteiger partial charge on any atom is -0.326 e. The number of thioether (sulfide) groups is 1. The molecule has 27 heavy (non-hydrogen) atoms. The zero-order valence-corrected chi connectivity index (χ0v) is 16.8. The van der Waals surface area contributed by atoms with E-state index in [0.717, 1.165) is 28.1 Å². The molecule has 0 aromatic heterocycles. The van der Waals surface area contributed by atoms with Crippen LogP contribution in [0.25, 0.3) is 0 Å². The van der Waals surface area contributed by atoms with Gasteiger partial charge >= 0.3 is 0 Å². The molecule has 0 saturated carbocycles. The third-order valence-corrected chi connectivity index (χ3v) is 5.74. The van der Waals surface area contributed by atoms with Crippen LogP contribution >= 0.6 is 11.8 Å². The van der Waals surface area contributed by atoms with E-state index in [2.05, 4.69) is 10.3 Å². The van der Waals surface area contributed by atoms with Gasteiger partial charge in [0.2, 0.25) is 11.8 Å². The molecule has 1 N–H and O–H groups in total. The van der Waals surface area contributed by atoms with Crippen LogP contribution in [-0.2, 0) is 9.59 Å². The maximum absolute atomic E-state index is 12.5. The van der Waals surface area contributed by atoms with E-state index in [4.69, 9.17) is 0 Å². The van der Waals surface area contributed by atoms with Gasteiger partial charge in [-0.05, 0) is 49.6 Å². The van der Waals surface area contributed by atoms with E-state index in [1.165, 1.54) is 16.7 Å². The van der Waals surface area contributed by atoms with E-state index in [1.54, 1.807) is 7.05 Å². The maximum atomic E-state index is 12.5. The topological polar surface area (TPSA) is 61.8 Å². The van der Waals surface area contributed by atoms with Crippen molar-refractivity contribution in [1.29, 1.82) is 0 Å². The molecule has 3 rings (SSSR count). The molecule has 1 aliphatic heterocycles. The number of carbonyl (C=O) groups excluding carboxylic acids is 2. The van der Waals surface area contributed by atoms with Crippen molar-refractivity contribution in [3.63, 3.8) is 0 Å². The number of anilines is 1. The standard InChI is InChI=1S/C21H23N3O2S/c1-13-9-10-15(3)17(11-13)22-19(25)12-18-20(26)24(4)21(27-18)23-16-8-6-5-7-14(16)2/h5-11,18H,12H2,1-4H3,(H,22,25). The third kappa shape index (κ3) is 4.39. The summed E-state index contributed by atoms with van der Waals surface area (Å²) >= 11 is 1.34. The van der Waals surface area contributed by atoms with Crippen LogP contribution in [-0.4, -0.2) is 34.2 Å². The molecule has 2 aromatic carbocycles. The molecule has 0 spiro atoms. The molecule has 5 nitrogen and oxygen atoms in total. The molecule has 2 aromatic rings. The second-order valence-electron chi connectivity index (χ2n) is 6.76. The first-order valence-corrected chi connectivity index (χ1v) is 9.69. The molecule has 1 saturated heterocycles. The Balaban J connectivity index is 1.71. The van der Waals surface area contributed by atoms with E-state index in [0.29, 0.717) is 5.17 Å². The van der Waals surface area contributed by atoms with E-state index in [9.17, 15) is 9.59 Å². The fraction of sp³-hybridized carbons (Fsp3) is 0.286. The highest BCUT2D eigenvalue weighted by molar-refractivity contribution is 8.15. The van der Waals surface area contributed by atoms with Gasteiger partial charge in [-0.15, -0.1) is 0 Å². The van der Waals surface area contributed by atoms with Gasteiger partial charge in [0.25, 0.3) is 0 Å². The third-order valence-electron chi connectivity index (χ3n) is 4.51. The number of nitrogens with one attached hydrogen (secondary N) is 1. The van der Waals surface area contributed by atoms with Crippen molar-refractivity contribution in [3.05, 3.63) is 59.2 Å². The first kappa shape index (κ1) is 19.2. The summed E-state index contributed by atoms with van der Waals surface area (Å²) in [5.41, 5.74) is 4.74. The summed E-state index contributed by atoms with van der Waals surface area (Å²) in [7, 11) is 1.70. The van der Waals surface area contributed by atoms with Crippen LogP contribution in [0.4, 0.5) is 11.4 Å². The zero-order chi connectivity index (χ0) is 19.6. The first-order valence-electron chi connectivity index (χ1n) is 8.81. The highest BCUT2D eigenvalue weighted by Gasteiger charge is 2.37. The Kier molecular flexibility index (Phi) is 5.65. The summed E-state index contributed by atoms with van der Waals surface area (Å²) < 4.78 is 0. The van der Waals surface area contributed by atoms with Crippen molar-refractivity contribution in [2.45, 2.75) is 32.4 Å². The quantitative estimate of drug-likeness (QED) is 0.863. The Morgan fingerprint density at radius 2 is 1.89 bits per heavy atom. The van der Waals surface area contributed by atoms with Gasteiger partial charge < -0.3 is 5.32 Å². The number of nitrogens with zero attached hydrogens (tertiary/aromatic N) is 2. The Morgan fingerprint density at radius 1 is 1.15 bits per heavy atom. The summed E-state index contributed by atoms with van der Waals surface area (Å²) in [5, 5.41) is 3.09. The zero-order valence-electron chi connectivity index (χ0n) is 15.9. The normalized spacial score (nSPS) is 18.2. The van der Waals surface area contributed by atoms with Crippen LogP contribution in [0.5, 0.6) is 0 Å². The molecule has 0 bridgehead atoms. The second kappa shape index (κ2) is 7.96. The molecule has 1 fully saturated rings. The van der Waals surface area contributed by atoms with Crippen LogP contribution in [0, 0.1) is 20.8 Å². The van der Waals surface area contributed by atoms with Crippen LogP contribution in [0.2, 0.25) is 0 Å². The minimum atomic E-state index is -0.456. The lowest BCUT2D eigenvalue weighted by Gasteiger charge is -2.11. The maximum Gasteiger partial charge on any atom is 0.242 e. The fourth-order valence-corrected chi connectivity index (χ4v) is 3.98. The van der Waals surface area contributed by atoms with Gasteiger partial charge in [0.05, 0.1) is 5.69 Å². The molecule has 1 aliphatic rings. The van der Waals surface area contributed by atoms with E-state index in [1.807, 2.05) is 63.2 Å². The Labute approximate surface area is 163 Å². The van der Waals surface area contributed by atoms with Crippen molar-refractivity contribution in [2.24, 2.45) is 4.99 Å². The predicted octanol–water partition coefficient (Wildman–Crippen LogP) is 4.20. The van der Waals surface area contributed by atoms with Gasteiger partial charge in [-0.1, -0.05) is 42.1 Å². The highest BCUT2D eigenvalue weighted by Crippen LogP contribution is 2.31. The number of rotatable bonds is 4. The van der Waals surface area contributed by atoms with E-state index >= 15 is 0 Å². The van der Waals surface area contributed by atoms with Crippen molar-refractivity contribution in [3.8, 4) is 0 Å². The SMILES string of the molecule is Cc1ccc(C)c(NC(=O)CC2SC(=Nc3ccccc3C)N(C)C2=O)c1. The summed E-state index contributed by atoms with van der Waals surface area (Å²) in [6.07, 6.45) is 0.119. The summed E-state index contributed by atoms with van der Waals surface area (Å²) in [4.78, 5) is 31.2. The van der Waals surface area contributed by atoms with Crippen molar-refractivity contribution in [2.75, 3.05) is 12.4 Å². The van der Waals surface area contributed by atoms with Gasteiger partial charge in [0, 0.05) is 19.2 Å². The first-order chi connectivity index (χ1) is 12.8. The van der Waals surface area contributed by atoms with Crippen molar-refractivity contribution >= 4 is 40.1 Å². The molecule has 0 radical (unpaired) electrons. The van der Waals surface area contributed by atoms with Gasteiger partial charge in [0.1, 0.15) is 5.25 Å². The van der Waals surface area contributed by atoms with E-state index in [-0.39, 0.29) is 18.2 Å². The lowest BCUT2D eigenvalue weighted by Crippen LogP contribution is -2.30. The molecule has 6 heteroatoms. The van der Waals surface area contributed by atoms with Crippen LogP contribution < -0.4 is 5.32 Å². The average molecular weight is 382 g/mol. The number of hydrogen-bond acceptors (Lipinski definition) is 4. The second-order valence-corrected chi connectivity index (χ2v) is 7.93. The lowest BCUT2D eigenvalue weighted by molar-refractivity contribution is -0.127. The monoisotopic (exact) mass is 381 g/mol. The van der Waals surface area contributed by atoms with Gasteiger partial charge in [-0.25, -0.2) is 4.99 Å². The average Bonchev–Trinajstić information content (AvgIpc) is 2.88. The summed E-state index contributed by atoms with van der Waals surface area (Å²) in [6, 6.07) is 13.7. The van der Waals surface area contributed by atoms with Crippen LogP contribution in [0.1, 0.15) is 23.1 Å². The molecule has 1 atom stereocenters. The van der Waals surface area contributed by atoms with Crippen LogP contribution in [0.3, 0.4) is 0 Å². The minimum absolute atomic E-state index is 0.0940. The molecule has 140 valence electrons. The number of aryl methyl sites for hydroxylation is 3. The number of aliphatic imine (C=N–C) groups is 1. The molecule has 2 amide bonds. The Bertz CT molecular complexity index is 923. The number of benzene rings is 2. The summed E-state index contributed by atoms with van der Waals surface area (Å²) in [5.74, 6) is -0.261. The highest BCUT2D eigenvalue weighted by atomic mass is 32.2. The fourth-order valence-electron chi connectivity index (χ4n) is 2.83. The van der Waals surface area contributed by atoms with Gasteiger partial charge in [-0.3, -0.25) is 14.5 Å². The molecular weight excluding hydrogens is 358 g/mol. The van der Waals surface area contributed by atoms with E-state index < -0.39 is 5.25 Å². The number of hydrogen-bond donors (Lipinski definition) is 1. The number of para-hydroxylation sites is 1. The smallest absolute Gasteiger partial charge is 0.242 e. The molecule has 1 unspecified atom stereocenters. The molecule has 1 heterocycles. The number of amidine groups is 1. The van der Waals surface area contributed by atoms with Crippen LogP contribution in [0.15, 0.2) is 47.5 Å². The lowest BCUT2D eigenvalue weighted by atomic mass is 10.1. The Morgan fingerprint density at radius 3 is 2.63 bits per heavy atom. The summed E-state index contributed by atoms with van der Waals surface area (Å²) in [6.45, 7) is 5.91. The Hall–Kier alpha value is -2.60. The van der Waals surface area contributed by atoms with Gasteiger partial charge in [-0.2, -0.15) is 0 Å². The largest absolute Gasteiger partial charge is 0.326 e. The van der Waals surface area contributed by atoms with Crippen molar-refractivity contribution < 1.29 is 9.59 Å². The predicted molar refractivity (Wildman–Crippen MR) is 112 cm³/mol. The van der Waals surface area contributed by atoms with Gasteiger partial charge in [0.15, 0.2) is 5.17 Å². The molecule has 0 aliphatic carbocycles. The number of amides is 2.